The monoisotopic (exact) mass is 342 g/mol. The SMILES string of the molecule is COC(=O)c1ccc(NC(=O)CNC(=O)c2cccc(OC)c2)cc1. The number of methoxy groups -OCH3 is 2. The molecular weight excluding hydrogens is 324 g/mol. The van der Waals surface area contributed by atoms with Crippen molar-refractivity contribution in [2.75, 3.05) is 26.1 Å². The molecule has 0 heterocycles. The van der Waals surface area contributed by atoms with Crippen LogP contribution in [0.2, 0.25) is 0 Å². The van der Waals surface area contributed by atoms with Crippen LogP contribution in [-0.4, -0.2) is 38.5 Å². The minimum atomic E-state index is -0.455. The van der Waals surface area contributed by atoms with Gasteiger partial charge in [-0.3, -0.25) is 9.59 Å². The van der Waals surface area contributed by atoms with Crippen LogP contribution in [0.5, 0.6) is 5.75 Å². The first-order chi connectivity index (χ1) is 12.0. The zero-order chi connectivity index (χ0) is 18.2. The molecule has 7 nitrogen and oxygen atoms in total. The van der Waals surface area contributed by atoms with Crippen LogP contribution in [0.3, 0.4) is 0 Å². The largest absolute Gasteiger partial charge is 0.497 e. The summed E-state index contributed by atoms with van der Waals surface area (Å²) >= 11 is 0. The molecule has 2 N–H and O–H groups in total. The lowest BCUT2D eigenvalue weighted by Crippen LogP contribution is -2.32. The summed E-state index contributed by atoms with van der Waals surface area (Å²) in [6, 6.07) is 12.9. The van der Waals surface area contributed by atoms with E-state index in [1.54, 1.807) is 36.4 Å². The lowest BCUT2D eigenvalue weighted by atomic mass is 10.2. The van der Waals surface area contributed by atoms with Gasteiger partial charge in [0.2, 0.25) is 5.91 Å². The molecule has 0 saturated carbocycles. The highest BCUT2D eigenvalue weighted by molar-refractivity contribution is 5.99. The summed E-state index contributed by atoms with van der Waals surface area (Å²) in [5.74, 6) is -0.664. The molecule has 0 fully saturated rings. The maximum atomic E-state index is 12.0. The molecule has 2 aromatic rings. The molecule has 0 radical (unpaired) electrons. The van der Waals surface area contributed by atoms with Crippen molar-refractivity contribution >= 4 is 23.5 Å². The lowest BCUT2D eigenvalue weighted by Gasteiger charge is -2.08. The van der Waals surface area contributed by atoms with E-state index in [2.05, 4.69) is 15.4 Å². The molecule has 2 rings (SSSR count). The Morgan fingerprint density at radius 3 is 2.32 bits per heavy atom. The zero-order valence-electron chi connectivity index (χ0n) is 13.9. The van der Waals surface area contributed by atoms with Crippen molar-refractivity contribution in [2.45, 2.75) is 0 Å². The van der Waals surface area contributed by atoms with E-state index in [1.165, 1.54) is 26.4 Å². The van der Waals surface area contributed by atoms with Crippen LogP contribution in [0.15, 0.2) is 48.5 Å². The molecule has 25 heavy (non-hydrogen) atoms. The molecule has 0 aliphatic heterocycles. The molecule has 0 atom stereocenters. The first-order valence-corrected chi connectivity index (χ1v) is 7.44. The summed E-state index contributed by atoms with van der Waals surface area (Å²) < 4.78 is 9.65. The van der Waals surface area contributed by atoms with Gasteiger partial charge in [-0.15, -0.1) is 0 Å². The number of anilines is 1. The van der Waals surface area contributed by atoms with Crippen LogP contribution < -0.4 is 15.4 Å². The van der Waals surface area contributed by atoms with E-state index in [0.717, 1.165) is 0 Å². The molecule has 0 bridgehead atoms. The van der Waals surface area contributed by atoms with Gasteiger partial charge < -0.3 is 20.1 Å². The van der Waals surface area contributed by atoms with E-state index >= 15 is 0 Å². The normalized spacial score (nSPS) is 9.84. The number of nitrogens with one attached hydrogen (secondary N) is 2. The first-order valence-electron chi connectivity index (χ1n) is 7.44. The smallest absolute Gasteiger partial charge is 0.337 e. The van der Waals surface area contributed by atoms with Crippen LogP contribution in [-0.2, 0) is 9.53 Å². The predicted molar refractivity (Wildman–Crippen MR) is 91.7 cm³/mol. The van der Waals surface area contributed by atoms with Crippen LogP contribution >= 0.6 is 0 Å². The van der Waals surface area contributed by atoms with Gasteiger partial charge in [-0.05, 0) is 42.5 Å². The van der Waals surface area contributed by atoms with Crippen molar-refractivity contribution in [3.8, 4) is 5.75 Å². The van der Waals surface area contributed by atoms with Crippen LogP contribution in [0.4, 0.5) is 5.69 Å². The summed E-state index contributed by atoms with van der Waals surface area (Å²) in [4.78, 5) is 35.3. The molecule has 0 aliphatic carbocycles. The topological polar surface area (TPSA) is 93.7 Å². The average molecular weight is 342 g/mol. The van der Waals surface area contributed by atoms with E-state index in [-0.39, 0.29) is 18.4 Å². The van der Waals surface area contributed by atoms with Crippen LogP contribution in [0.25, 0.3) is 0 Å². The molecule has 0 spiro atoms. The molecule has 0 saturated heterocycles. The third-order valence-corrected chi connectivity index (χ3v) is 3.33. The fraction of sp³-hybridized carbons (Fsp3) is 0.167. The number of carbonyl (C=O) groups is 3. The van der Waals surface area contributed by atoms with E-state index in [4.69, 9.17) is 4.74 Å². The Labute approximate surface area is 144 Å². The second kappa shape index (κ2) is 8.49. The predicted octanol–water partition coefficient (Wildman–Crippen LogP) is 1.85. The van der Waals surface area contributed by atoms with E-state index in [1.807, 2.05) is 0 Å². The highest BCUT2D eigenvalue weighted by atomic mass is 16.5. The third-order valence-electron chi connectivity index (χ3n) is 3.33. The quantitative estimate of drug-likeness (QED) is 0.782. The van der Waals surface area contributed by atoms with E-state index < -0.39 is 5.97 Å². The minimum absolute atomic E-state index is 0.186. The van der Waals surface area contributed by atoms with Gasteiger partial charge in [0.05, 0.1) is 26.3 Å². The molecule has 2 aromatic carbocycles. The second-order valence-electron chi connectivity index (χ2n) is 5.03. The Balaban J connectivity index is 1.87. The number of hydrogen-bond acceptors (Lipinski definition) is 5. The summed E-state index contributed by atoms with van der Waals surface area (Å²) in [5.41, 5.74) is 1.29. The van der Waals surface area contributed by atoms with Gasteiger partial charge in [-0.2, -0.15) is 0 Å². The molecule has 0 aliphatic rings. The fourth-order valence-corrected chi connectivity index (χ4v) is 2.04. The van der Waals surface area contributed by atoms with Gasteiger partial charge in [0.15, 0.2) is 0 Å². The van der Waals surface area contributed by atoms with Gasteiger partial charge in [0.25, 0.3) is 5.91 Å². The van der Waals surface area contributed by atoms with Gasteiger partial charge in [0.1, 0.15) is 5.75 Å². The number of ether oxygens (including phenoxy) is 2. The molecular formula is C18H18N2O5. The summed E-state index contributed by atoms with van der Waals surface area (Å²) in [7, 11) is 2.80. The van der Waals surface area contributed by atoms with Crippen LogP contribution in [0.1, 0.15) is 20.7 Å². The first kappa shape index (κ1) is 18.0. The Hall–Kier alpha value is -3.35. The summed E-state index contributed by atoms with van der Waals surface area (Å²) in [6.45, 7) is -0.186. The number of benzene rings is 2. The van der Waals surface area contributed by atoms with Gasteiger partial charge in [-0.1, -0.05) is 6.07 Å². The zero-order valence-corrected chi connectivity index (χ0v) is 13.9. The van der Waals surface area contributed by atoms with E-state index in [0.29, 0.717) is 22.6 Å². The fourth-order valence-electron chi connectivity index (χ4n) is 2.04. The Bertz CT molecular complexity index is 771. The Morgan fingerprint density at radius 2 is 1.68 bits per heavy atom. The van der Waals surface area contributed by atoms with Crippen molar-refractivity contribution in [3.05, 3.63) is 59.7 Å². The Morgan fingerprint density at radius 1 is 0.960 bits per heavy atom. The molecule has 7 heteroatoms. The summed E-state index contributed by atoms with van der Waals surface area (Å²) in [5, 5.41) is 5.15. The molecule has 0 aromatic heterocycles. The third kappa shape index (κ3) is 5.07. The lowest BCUT2D eigenvalue weighted by molar-refractivity contribution is -0.115. The van der Waals surface area contributed by atoms with E-state index in [9.17, 15) is 14.4 Å². The highest BCUT2D eigenvalue weighted by Crippen LogP contribution is 2.12. The number of hydrogen-bond donors (Lipinski definition) is 2. The Kier molecular flexibility index (Phi) is 6.11. The standard InChI is InChI=1S/C18H18N2O5/c1-24-15-5-3-4-13(10-15)17(22)19-11-16(21)20-14-8-6-12(7-9-14)18(23)25-2/h3-10H,11H2,1-2H3,(H,19,22)(H,20,21). The molecule has 130 valence electrons. The highest BCUT2D eigenvalue weighted by Gasteiger charge is 2.10. The number of esters is 1. The van der Waals surface area contributed by atoms with Crippen molar-refractivity contribution < 1.29 is 23.9 Å². The van der Waals surface area contributed by atoms with Gasteiger partial charge >= 0.3 is 5.97 Å². The van der Waals surface area contributed by atoms with Crippen molar-refractivity contribution in [1.82, 2.24) is 5.32 Å². The molecule has 2 amide bonds. The number of carbonyl (C=O) groups excluding carboxylic acids is 3. The number of amides is 2. The minimum Gasteiger partial charge on any atom is -0.497 e. The van der Waals surface area contributed by atoms with Crippen molar-refractivity contribution in [2.24, 2.45) is 0 Å². The van der Waals surface area contributed by atoms with Crippen LogP contribution in [0, 0.1) is 0 Å². The average Bonchev–Trinajstić information content (AvgIpc) is 2.66. The maximum absolute atomic E-state index is 12.0. The summed E-state index contributed by atoms with van der Waals surface area (Å²) in [6.07, 6.45) is 0. The van der Waals surface area contributed by atoms with Gasteiger partial charge in [-0.25, -0.2) is 4.79 Å². The number of rotatable bonds is 6. The van der Waals surface area contributed by atoms with Crippen molar-refractivity contribution in [3.63, 3.8) is 0 Å². The van der Waals surface area contributed by atoms with Crippen molar-refractivity contribution in [1.29, 1.82) is 0 Å². The second-order valence-corrected chi connectivity index (χ2v) is 5.03. The molecule has 0 unspecified atom stereocenters. The van der Waals surface area contributed by atoms with Gasteiger partial charge in [0, 0.05) is 11.3 Å². The maximum Gasteiger partial charge on any atom is 0.337 e.